The molecule has 0 saturated carbocycles. The number of nitrogens with two attached hydrogens (primary N) is 1. The van der Waals surface area contributed by atoms with Gasteiger partial charge >= 0.3 is 0 Å². The van der Waals surface area contributed by atoms with E-state index in [9.17, 15) is 8.42 Å². The summed E-state index contributed by atoms with van der Waals surface area (Å²) in [7, 11) is -1.90. The van der Waals surface area contributed by atoms with Gasteiger partial charge in [-0.1, -0.05) is 32.9 Å². The standard InChI is InChI=1S/C15H26N2O2S/c1-6-15(3,4)13-7-9-14(10-8-13)20(18,19)17(5)12(2)11-16/h7-10,12H,6,11,16H2,1-5H3. The van der Waals surface area contributed by atoms with Gasteiger partial charge in [-0.05, 0) is 36.5 Å². The minimum Gasteiger partial charge on any atom is -0.329 e. The molecule has 0 aliphatic carbocycles. The van der Waals surface area contributed by atoms with Gasteiger partial charge in [0.25, 0.3) is 0 Å². The molecule has 0 aromatic heterocycles. The predicted octanol–water partition coefficient (Wildman–Crippen LogP) is 2.34. The maximum Gasteiger partial charge on any atom is 0.243 e. The normalized spacial score (nSPS) is 14.6. The fraction of sp³-hybridized carbons (Fsp3) is 0.600. The van der Waals surface area contributed by atoms with Crippen molar-refractivity contribution in [3.05, 3.63) is 29.8 Å². The average Bonchev–Trinajstić information content (AvgIpc) is 2.45. The molecule has 2 N–H and O–H groups in total. The zero-order chi connectivity index (χ0) is 15.6. The minimum absolute atomic E-state index is 0.0543. The highest BCUT2D eigenvalue weighted by Gasteiger charge is 2.25. The molecule has 1 aromatic rings. The van der Waals surface area contributed by atoms with Crippen LogP contribution in [0.4, 0.5) is 0 Å². The van der Waals surface area contributed by atoms with Crippen molar-refractivity contribution in [3.8, 4) is 0 Å². The molecule has 20 heavy (non-hydrogen) atoms. The van der Waals surface area contributed by atoms with Crippen LogP contribution in [0.15, 0.2) is 29.2 Å². The van der Waals surface area contributed by atoms with Gasteiger partial charge in [-0.2, -0.15) is 4.31 Å². The smallest absolute Gasteiger partial charge is 0.243 e. The van der Waals surface area contributed by atoms with Crippen LogP contribution < -0.4 is 5.73 Å². The van der Waals surface area contributed by atoms with Gasteiger partial charge in [0.2, 0.25) is 10.0 Å². The maximum atomic E-state index is 12.4. The summed E-state index contributed by atoms with van der Waals surface area (Å²) in [5.41, 5.74) is 6.74. The van der Waals surface area contributed by atoms with Gasteiger partial charge in [0.1, 0.15) is 0 Å². The summed E-state index contributed by atoms with van der Waals surface area (Å²) >= 11 is 0. The molecule has 0 aliphatic heterocycles. The molecular formula is C15H26N2O2S. The molecule has 1 aromatic carbocycles. The molecule has 1 rings (SSSR count). The summed E-state index contributed by atoms with van der Waals surface area (Å²) in [6.45, 7) is 8.53. The van der Waals surface area contributed by atoms with E-state index in [1.54, 1.807) is 26.1 Å². The molecule has 0 bridgehead atoms. The Kier molecular flexibility index (Phi) is 5.35. The Morgan fingerprint density at radius 1 is 1.25 bits per heavy atom. The zero-order valence-corrected chi connectivity index (χ0v) is 13.9. The van der Waals surface area contributed by atoms with Crippen LogP contribution in [0.2, 0.25) is 0 Å². The second kappa shape index (κ2) is 6.24. The van der Waals surface area contributed by atoms with E-state index >= 15 is 0 Å². The molecule has 0 aliphatic rings. The molecule has 5 heteroatoms. The van der Waals surface area contributed by atoms with Gasteiger partial charge in [0.15, 0.2) is 0 Å². The molecule has 0 amide bonds. The lowest BCUT2D eigenvalue weighted by Crippen LogP contribution is -2.39. The van der Waals surface area contributed by atoms with Crippen molar-refractivity contribution in [2.75, 3.05) is 13.6 Å². The van der Waals surface area contributed by atoms with E-state index in [0.29, 0.717) is 11.4 Å². The lowest BCUT2D eigenvalue weighted by Gasteiger charge is -2.25. The summed E-state index contributed by atoms with van der Waals surface area (Å²) in [4.78, 5) is 0.316. The minimum atomic E-state index is -3.47. The van der Waals surface area contributed by atoms with Gasteiger partial charge in [-0.15, -0.1) is 0 Å². The van der Waals surface area contributed by atoms with Crippen LogP contribution in [0, 0.1) is 0 Å². The molecule has 1 unspecified atom stereocenters. The number of hydrogen-bond acceptors (Lipinski definition) is 3. The van der Waals surface area contributed by atoms with Gasteiger partial charge < -0.3 is 5.73 Å². The summed E-state index contributed by atoms with van der Waals surface area (Å²) < 4.78 is 26.2. The van der Waals surface area contributed by atoms with Crippen molar-refractivity contribution < 1.29 is 8.42 Å². The largest absolute Gasteiger partial charge is 0.329 e. The number of likely N-dealkylation sites (N-methyl/N-ethyl adjacent to an activating group) is 1. The first-order chi connectivity index (χ1) is 9.16. The fourth-order valence-corrected chi connectivity index (χ4v) is 3.21. The summed E-state index contributed by atoms with van der Waals surface area (Å²) in [6, 6.07) is 6.95. The Morgan fingerprint density at radius 2 is 1.75 bits per heavy atom. The van der Waals surface area contributed by atoms with E-state index < -0.39 is 10.0 Å². The van der Waals surface area contributed by atoms with Crippen LogP contribution in [-0.4, -0.2) is 32.4 Å². The Morgan fingerprint density at radius 3 is 2.15 bits per heavy atom. The zero-order valence-electron chi connectivity index (χ0n) is 13.1. The van der Waals surface area contributed by atoms with E-state index in [-0.39, 0.29) is 11.5 Å². The number of sulfonamides is 1. The first kappa shape index (κ1) is 17.1. The van der Waals surface area contributed by atoms with Gasteiger partial charge in [0, 0.05) is 19.6 Å². The average molecular weight is 298 g/mol. The van der Waals surface area contributed by atoms with Crippen LogP contribution >= 0.6 is 0 Å². The van der Waals surface area contributed by atoms with Crippen LogP contribution in [0.1, 0.15) is 39.7 Å². The first-order valence-electron chi connectivity index (χ1n) is 6.95. The van der Waals surface area contributed by atoms with Crippen LogP contribution in [0.3, 0.4) is 0 Å². The number of rotatable bonds is 6. The summed E-state index contributed by atoms with van der Waals surface area (Å²) in [5, 5.41) is 0. The van der Waals surface area contributed by atoms with E-state index in [1.807, 2.05) is 12.1 Å². The van der Waals surface area contributed by atoms with Crippen molar-refractivity contribution in [1.29, 1.82) is 0 Å². The quantitative estimate of drug-likeness (QED) is 0.877. The third-order valence-corrected chi connectivity index (χ3v) is 6.14. The van der Waals surface area contributed by atoms with E-state index in [4.69, 9.17) is 5.73 Å². The Bertz CT molecular complexity index is 535. The van der Waals surface area contributed by atoms with Gasteiger partial charge in [-0.3, -0.25) is 0 Å². The number of hydrogen-bond donors (Lipinski definition) is 1. The molecule has 4 nitrogen and oxygen atoms in total. The highest BCUT2D eigenvalue weighted by atomic mass is 32.2. The number of nitrogens with zero attached hydrogens (tertiary/aromatic N) is 1. The highest BCUT2D eigenvalue weighted by Crippen LogP contribution is 2.28. The topological polar surface area (TPSA) is 63.4 Å². The Labute approximate surface area is 123 Å². The third kappa shape index (κ3) is 3.40. The van der Waals surface area contributed by atoms with Crippen molar-refractivity contribution in [3.63, 3.8) is 0 Å². The summed E-state index contributed by atoms with van der Waals surface area (Å²) in [6.07, 6.45) is 1.00. The van der Waals surface area contributed by atoms with Crippen molar-refractivity contribution in [1.82, 2.24) is 4.31 Å². The molecule has 0 radical (unpaired) electrons. The molecule has 0 heterocycles. The molecule has 0 fully saturated rings. The van der Waals surface area contributed by atoms with E-state index in [0.717, 1.165) is 12.0 Å². The Hall–Kier alpha value is -0.910. The van der Waals surface area contributed by atoms with Crippen molar-refractivity contribution >= 4 is 10.0 Å². The van der Waals surface area contributed by atoms with Crippen LogP contribution in [0.5, 0.6) is 0 Å². The van der Waals surface area contributed by atoms with Gasteiger partial charge in [-0.25, -0.2) is 8.42 Å². The second-order valence-electron chi connectivity index (χ2n) is 5.87. The summed E-state index contributed by atoms with van der Waals surface area (Å²) in [5.74, 6) is 0. The van der Waals surface area contributed by atoms with E-state index in [1.165, 1.54) is 4.31 Å². The SMILES string of the molecule is CCC(C)(C)c1ccc(S(=O)(=O)N(C)C(C)CN)cc1. The molecule has 0 spiro atoms. The lowest BCUT2D eigenvalue weighted by atomic mass is 9.82. The predicted molar refractivity (Wildman–Crippen MR) is 83.2 cm³/mol. The monoisotopic (exact) mass is 298 g/mol. The fourth-order valence-electron chi connectivity index (χ4n) is 1.83. The lowest BCUT2D eigenvalue weighted by molar-refractivity contribution is 0.394. The number of benzene rings is 1. The Balaban J connectivity index is 3.11. The maximum absolute atomic E-state index is 12.4. The molecule has 0 saturated heterocycles. The first-order valence-corrected chi connectivity index (χ1v) is 8.39. The third-order valence-electron chi connectivity index (χ3n) is 4.16. The van der Waals surface area contributed by atoms with Crippen molar-refractivity contribution in [2.45, 2.75) is 50.5 Å². The van der Waals surface area contributed by atoms with Gasteiger partial charge in [0.05, 0.1) is 4.90 Å². The van der Waals surface area contributed by atoms with Crippen LogP contribution in [0.25, 0.3) is 0 Å². The second-order valence-corrected chi connectivity index (χ2v) is 7.87. The molecular weight excluding hydrogens is 272 g/mol. The highest BCUT2D eigenvalue weighted by molar-refractivity contribution is 7.89. The molecule has 1 atom stereocenters. The van der Waals surface area contributed by atoms with Crippen LogP contribution in [-0.2, 0) is 15.4 Å². The van der Waals surface area contributed by atoms with E-state index in [2.05, 4.69) is 20.8 Å². The van der Waals surface area contributed by atoms with Crippen molar-refractivity contribution in [2.24, 2.45) is 5.73 Å². The molecule has 114 valence electrons.